The molecule has 0 fully saturated rings. The lowest BCUT2D eigenvalue weighted by Gasteiger charge is -2.18. The zero-order valence-corrected chi connectivity index (χ0v) is 41.7. The van der Waals surface area contributed by atoms with E-state index in [2.05, 4.69) is 45.1 Å². The zero-order valence-electron chi connectivity index (χ0n) is 41.7. The van der Waals surface area contributed by atoms with Crippen molar-refractivity contribution < 1.29 is 28.6 Å². The van der Waals surface area contributed by atoms with Crippen LogP contribution < -0.4 is 0 Å². The van der Waals surface area contributed by atoms with E-state index in [1.807, 2.05) is 0 Å². The van der Waals surface area contributed by atoms with Crippen molar-refractivity contribution in [1.29, 1.82) is 0 Å². The monoisotopic (exact) mass is 873 g/mol. The van der Waals surface area contributed by atoms with Crippen LogP contribution in [0.1, 0.15) is 297 Å². The Hall–Kier alpha value is -2.11. The summed E-state index contributed by atoms with van der Waals surface area (Å²) in [7, 11) is 0. The molecular weight excluding hydrogens is 769 g/mol. The Morgan fingerprint density at radius 1 is 0.306 bits per heavy atom. The maximum Gasteiger partial charge on any atom is 0.306 e. The van der Waals surface area contributed by atoms with Crippen LogP contribution in [0.25, 0.3) is 0 Å². The normalized spacial score (nSPS) is 12.1. The van der Waals surface area contributed by atoms with E-state index < -0.39 is 6.10 Å². The van der Waals surface area contributed by atoms with Gasteiger partial charge in [-0.15, -0.1) is 0 Å². The van der Waals surface area contributed by atoms with Gasteiger partial charge in [0.1, 0.15) is 13.2 Å². The van der Waals surface area contributed by atoms with Crippen molar-refractivity contribution in [2.45, 2.75) is 303 Å². The fourth-order valence-corrected chi connectivity index (χ4v) is 8.03. The molecule has 1 atom stereocenters. The van der Waals surface area contributed by atoms with Gasteiger partial charge in [-0.2, -0.15) is 0 Å². The molecule has 0 rings (SSSR count). The van der Waals surface area contributed by atoms with Gasteiger partial charge in [0.2, 0.25) is 0 Å². The second kappa shape index (κ2) is 51.5. The minimum absolute atomic E-state index is 0.0718. The number of esters is 3. The first-order chi connectivity index (χ1) is 30.5. The molecule has 0 spiro atoms. The quantitative estimate of drug-likeness (QED) is 0.0262. The molecule has 0 aromatic heterocycles. The molecule has 0 aromatic rings. The van der Waals surface area contributed by atoms with Crippen LogP contribution in [0.2, 0.25) is 0 Å². The molecule has 0 heterocycles. The zero-order chi connectivity index (χ0) is 45.1. The van der Waals surface area contributed by atoms with Crippen LogP contribution in [0.5, 0.6) is 0 Å². The number of carbonyl (C=O) groups excluding carboxylic acids is 3. The summed E-state index contributed by atoms with van der Waals surface area (Å²) in [6, 6.07) is 0. The van der Waals surface area contributed by atoms with E-state index in [9.17, 15) is 14.4 Å². The van der Waals surface area contributed by atoms with Gasteiger partial charge in [-0.25, -0.2) is 0 Å². The molecule has 0 bridgehead atoms. The third kappa shape index (κ3) is 48.9. The smallest absolute Gasteiger partial charge is 0.306 e. The Morgan fingerprint density at radius 3 is 0.871 bits per heavy atom. The van der Waals surface area contributed by atoms with Crippen molar-refractivity contribution in [3.8, 4) is 0 Å². The van der Waals surface area contributed by atoms with Gasteiger partial charge in [0.15, 0.2) is 6.10 Å². The summed E-state index contributed by atoms with van der Waals surface area (Å²) in [5.74, 6) is -0.887. The van der Waals surface area contributed by atoms with Gasteiger partial charge >= 0.3 is 17.9 Å². The molecule has 0 saturated heterocycles. The Bertz CT molecular complexity index is 1000. The van der Waals surface area contributed by atoms with Crippen molar-refractivity contribution in [3.63, 3.8) is 0 Å². The highest BCUT2D eigenvalue weighted by Crippen LogP contribution is 2.16. The van der Waals surface area contributed by atoms with Crippen molar-refractivity contribution in [2.24, 2.45) is 0 Å². The van der Waals surface area contributed by atoms with Crippen molar-refractivity contribution in [3.05, 3.63) is 24.3 Å². The molecule has 0 aliphatic rings. The Morgan fingerprint density at radius 2 is 0.565 bits per heavy atom. The van der Waals surface area contributed by atoms with E-state index in [-0.39, 0.29) is 31.1 Å². The molecule has 62 heavy (non-hydrogen) atoms. The summed E-state index contributed by atoms with van der Waals surface area (Å²) < 4.78 is 16.6. The predicted molar refractivity (Wildman–Crippen MR) is 266 cm³/mol. The molecule has 0 aromatic carbocycles. The first kappa shape index (κ1) is 59.9. The standard InChI is InChI=1S/C56H104O6/c1-4-7-10-13-15-17-19-20-21-22-23-24-25-26-27-28-29-30-31-32-33-34-35-36-37-39-40-43-46-49-55(58)61-52-53(51-60-54(57)48-45-42-12-9-6-3)62-56(59)50-47-44-41-38-18-16-14-11-8-5-2/h11,14,22-23,53H,4-10,12-13,15-21,24-52H2,1-3H3/b14-11-,23-22-. The highest BCUT2D eigenvalue weighted by atomic mass is 16.6. The van der Waals surface area contributed by atoms with Crippen LogP contribution in [-0.2, 0) is 28.6 Å². The highest BCUT2D eigenvalue weighted by Gasteiger charge is 2.19. The van der Waals surface area contributed by atoms with Crippen LogP contribution in [0.4, 0.5) is 0 Å². The van der Waals surface area contributed by atoms with Gasteiger partial charge in [-0.1, -0.05) is 238 Å². The average Bonchev–Trinajstić information content (AvgIpc) is 3.27. The van der Waals surface area contributed by atoms with Crippen LogP contribution in [0.15, 0.2) is 24.3 Å². The molecule has 0 amide bonds. The molecule has 0 aliphatic carbocycles. The number of unbranched alkanes of at least 4 members (excludes halogenated alkanes) is 35. The van der Waals surface area contributed by atoms with Gasteiger partial charge in [-0.05, 0) is 64.2 Å². The maximum atomic E-state index is 12.6. The lowest BCUT2D eigenvalue weighted by Crippen LogP contribution is -2.30. The number of ether oxygens (including phenoxy) is 3. The lowest BCUT2D eigenvalue weighted by atomic mass is 10.0. The second-order valence-corrected chi connectivity index (χ2v) is 18.5. The van der Waals surface area contributed by atoms with Gasteiger partial charge in [0, 0.05) is 19.3 Å². The summed E-state index contributed by atoms with van der Waals surface area (Å²) in [4.78, 5) is 37.5. The first-order valence-corrected chi connectivity index (χ1v) is 27.3. The number of rotatable bonds is 50. The first-order valence-electron chi connectivity index (χ1n) is 27.3. The maximum absolute atomic E-state index is 12.6. The lowest BCUT2D eigenvalue weighted by molar-refractivity contribution is -0.167. The Kier molecular flexibility index (Phi) is 49.8. The minimum atomic E-state index is -0.767. The van der Waals surface area contributed by atoms with E-state index >= 15 is 0 Å². The molecular formula is C56H104O6. The highest BCUT2D eigenvalue weighted by molar-refractivity contribution is 5.71. The average molecular weight is 873 g/mol. The summed E-state index contributed by atoms with van der Waals surface area (Å²) >= 11 is 0. The topological polar surface area (TPSA) is 78.9 Å². The molecule has 6 nitrogen and oxygen atoms in total. The Labute approximate surface area is 385 Å². The van der Waals surface area contributed by atoms with Crippen molar-refractivity contribution >= 4 is 17.9 Å². The summed E-state index contributed by atoms with van der Waals surface area (Å²) in [5, 5.41) is 0. The molecule has 0 saturated carbocycles. The van der Waals surface area contributed by atoms with Gasteiger partial charge in [0.25, 0.3) is 0 Å². The van der Waals surface area contributed by atoms with E-state index in [0.717, 1.165) is 83.5 Å². The Balaban J connectivity index is 3.88. The van der Waals surface area contributed by atoms with Crippen LogP contribution >= 0.6 is 0 Å². The number of hydrogen-bond donors (Lipinski definition) is 0. The number of carbonyl (C=O) groups is 3. The largest absolute Gasteiger partial charge is 0.462 e. The molecule has 1 unspecified atom stereocenters. The van der Waals surface area contributed by atoms with Crippen LogP contribution in [0, 0.1) is 0 Å². The van der Waals surface area contributed by atoms with Crippen molar-refractivity contribution in [2.75, 3.05) is 13.2 Å². The van der Waals surface area contributed by atoms with Crippen LogP contribution in [0.3, 0.4) is 0 Å². The van der Waals surface area contributed by atoms with E-state index in [4.69, 9.17) is 14.2 Å². The summed E-state index contributed by atoms with van der Waals surface area (Å²) in [6.07, 6.45) is 59.5. The number of allylic oxidation sites excluding steroid dienone is 4. The second-order valence-electron chi connectivity index (χ2n) is 18.5. The molecule has 0 radical (unpaired) electrons. The molecule has 0 aliphatic heterocycles. The minimum Gasteiger partial charge on any atom is -0.462 e. The third-order valence-electron chi connectivity index (χ3n) is 12.2. The van der Waals surface area contributed by atoms with E-state index in [1.54, 1.807) is 0 Å². The van der Waals surface area contributed by atoms with Crippen molar-refractivity contribution in [1.82, 2.24) is 0 Å². The third-order valence-corrected chi connectivity index (χ3v) is 12.2. The fraction of sp³-hybridized carbons (Fsp3) is 0.875. The number of hydrogen-bond acceptors (Lipinski definition) is 6. The predicted octanol–water partition coefficient (Wildman–Crippen LogP) is 17.9. The molecule has 0 N–H and O–H groups in total. The molecule has 364 valence electrons. The van der Waals surface area contributed by atoms with Gasteiger partial charge in [0.05, 0.1) is 0 Å². The summed E-state index contributed by atoms with van der Waals surface area (Å²) in [5.41, 5.74) is 0. The van der Waals surface area contributed by atoms with E-state index in [0.29, 0.717) is 19.3 Å². The van der Waals surface area contributed by atoms with Crippen LogP contribution in [-0.4, -0.2) is 37.2 Å². The van der Waals surface area contributed by atoms with E-state index in [1.165, 1.54) is 173 Å². The molecule has 6 heteroatoms. The van der Waals surface area contributed by atoms with Gasteiger partial charge in [-0.3, -0.25) is 14.4 Å². The SMILES string of the molecule is CCC/C=C\CCCCCCCC(=O)OC(COC(=O)CCCCCCC)COC(=O)CCCCCCCCCCCCCCCCCCC/C=C\CCCCCCCCCC. The fourth-order valence-electron chi connectivity index (χ4n) is 8.03. The van der Waals surface area contributed by atoms with Gasteiger partial charge < -0.3 is 14.2 Å². The summed E-state index contributed by atoms with van der Waals surface area (Å²) in [6.45, 7) is 6.51.